The average molecular weight is 494 g/mol. The zero-order valence-electron chi connectivity index (χ0n) is 22.5. The summed E-state index contributed by atoms with van der Waals surface area (Å²) in [5.41, 5.74) is 0.987. The van der Waals surface area contributed by atoms with E-state index < -0.39 is 0 Å². The number of aromatic nitrogens is 3. The monoisotopic (exact) mass is 493 g/mol. The second-order valence-corrected chi connectivity index (χ2v) is 11.8. The van der Waals surface area contributed by atoms with Gasteiger partial charge in [-0.15, -0.1) is 0 Å². The van der Waals surface area contributed by atoms with Gasteiger partial charge < -0.3 is 14.4 Å². The number of ether oxygens (including phenoxy) is 2. The maximum absolute atomic E-state index is 5.50. The Labute approximate surface area is 216 Å². The maximum Gasteiger partial charge on any atom is 0.181 e. The zero-order valence-corrected chi connectivity index (χ0v) is 22.5. The van der Waals surface area contributed by atoms with Gasteiger partial charge in [0.1, 0.15) is 5.82 Å². The Morgan fingerprint density at radius 1 is 0.861 bits per heavy atom. The number of hydrogen-bond donors (Lipinski definition) is 0. The molecule has 2 bridgehead atoms. The molecule has 7 nitrogen and oxygen atoms in total. The summed E-state index contributed by atoms with van der Waals surface area (Å²) in [5.74, 6) is 4.94. The van der Waals surface area contributed by atoms with Crippen LogP contribution in [0.15, 0.2) is 18.2 Å². The number of fused-ring (bicyclic) bond motifs is 3. The third kappa shape index (κ3) is 4.43. The molecule has 5 heterocycles. The van der Waals surface area contributed by atoms with Crippen molar-refractivity contribution in [2.45, 2.75) is 95.9 Å². The smallest absolute Gasteiger partial charge is 0.181 e. The first kappa shape index (κ1) is 24.2. The van der Waals surface area contributed by atoms with E-state index >= 15 is 0 Å². The number of methoxy groups -OCH3 is 2. The largest absolute Gasteiger partial charge is 0.493 e. The molecule has 0 aliphatic carbocycles. The highest BCUT2D eigenvalue weighted by Gasteiger charge is 2.46. The van der Waals surface area contributed by atoms with Gasteiger partial charge in [-0.2, -0.15) is 5.10 Å². The third-order valence-electron chi connectivity index (χ3n) is 9.68. The Morgan fingerprint density at radius 2 is 1.58 bits per heavy atom. The Kier molecular flexibility index (Phi) is 6.71. The van der Waals surface area contributed by atoms with Crippen LogP contribution >= 0.6 is 0 Å². The molecular formula is C29H43N5O2. The van der Waals surface area contributed by atoms with Crippen LogP contribution in [0, 0.1) is 11.8 Å². The first-order valence-corrected chi connectivity index (χ1v) is 14.2. The van der Waals surface area contributed by atoms with Crippen LogP contribution in [0.1, 0.15) is 64.6 Å². The molecule has 7 heteroatoms. The molecule has 196 valence electrons. The molecule has 1 aromatic carbocycles. The molecule has 0 amide bonds. The molecule has 2 aromatic rings. The molecule has 0 radical (unpaired) electrons. The van der Waals surface area contributed by atoms with Crippen molar-refractivity contribution in [3.8, 4) is 22.9 Å². The summed E-state index contributed by atoms with van der Waals surface area (Å²) in [6.45, 7) is 8.27. The van der Waals surface area contributed by atoms with Crippen LogP contribution in [0.2, 0.25) is 0 Å². The molecule has 0 saturated carbocycles. The lowest BCUT2D eigenvalue weighted by Gasteiger charge is -2.48. The minimum atomic E-state index is 0.689. The van der Waals surface area contributed by atoms with Gasteiger partial charge in [0.2, 0.25) is 0 Å². The van der Waals surface area contributed by atoms with Gasteiger partial charge in [-0.1, -0.05) is 0 Å². The zero-order chi connectivity index (χ0) is 24.8. The summed E-state index contributed by atoms with van der Waals surface area (Å²) in [5, 5.41) is 4.95. The molecule has 3 fully saturated rings. The highest BCUT2D eigenvalue weighted by Crippen LogP contribution is 2.46. The molecule has 4 aliphatic rings. The summed E-state index contributed by atoms with van der Waals surface area (Å²) in [6, 6.07) is 9.07. The van der Waals surface area contributed by atoms with Gasteiger partial charge in [0, 0.05) is 42.7 Å². The number of piperidine rings is 2. The van der Waals surface area contributed by atoms with Gasteiger partial charge in [-0.05, 0) is 102 Å². The van der Waals surface area contributed by atoms with Crippen molar-refractivity contribution in [2.24, 2.45) is 11.8 Å². The summed E-state index contributed by atoms with van der Waals surface area (Å²) in [6.07, 6.45) is 10.6. The third-order valence-corrected chi connectivity index (χ3v) is 9.68. The Balaban J connectivity index is 1.11. The lowest BCUT2D eigenvalue weighted by Crippen LogP contribution is -2.54. The normalized spacial score (nSPS) is 29.5. The van der Waals surface area contributed by atoms with E-state index in [2.05, 4.69) is 28.3 Å². The van der Waals surface area contributed by atoms with Crippen molar-refractivity contribution in [1.29, 1.82) is 0 Å². The van der Waals surface area contributed by atoms with Gasteiger partial charge in [-0.3, -0.25) is 4.90 Å². The number of likely N-dealkylation sites (tertiary alicyclic amines) is 1. The number of hydrogen-bond acceptors (Lipinski definition) is 6. The molecule has 1 aromatic heterocycles. The van der Waals surface area contributed by atoms with E-state index in [4.69, 9.17) is 19.6 Å². The lowest BCUT2D eigenvalue weighted by molar-refractivity contribution is 0.00492. The summed E-state index contributed by atoms with van der Waals surface area (Å²) in [4.78, 5) is 10.6. The van der Waals surface area contributed by atoms with Crippen LogP contribution in [0.3, 0.4) is 0 Å². The van der Waals surface area contributed by atoms with Crippen molar-refractivity contribution in [3.63, 3.8) is 0 Å². The maximum atomic E-state index is 5.50. The quantitative estimate of drug-likeness (QED) is 0.584. The Bertz CT molecular complexity index is 1050. The highest BCUT2D eigenvalue weighted by atomic mass is 16.5. The predicted octanol–water partition coefficient (Wildman–Crippen LogP) is 4.64. The SMILES string of the molecule is COc1ccc(-c2nc3n(n2)CC(C2CC4CCC(C2)N4C2CCN(C(C)C)CC2)CC3)cc1OC. The molecular weight excluding hydrogens is 450 g/mol. The second-order valence-electron chi connectivity index (χ2n) is 11.8. The van der Waals surface area contributed by atoms with Crippen molar-refractivity contribution in [1.82, 2.24) is 24.6 Å². The number of benzene rings is 1. The molecule has 3 atom stereocenters. The van der Waals surface area contributed by atoms with Gasteiger partial charge >= 0.3 is 0 Å². The van der Waals surface area contributed by atoms with E-state index in [0.29, 0.717) is 6.04 Å². The fourth-order valence-corrected chi connectivity index (χ4v) is 7.75. The van der Waals surface area contributed by atoms with Crippen LogP contribution in [0.25, 0.3) is 11.4 Å². The van der Waals surface area contributed by atoms with E-state index in [-0.39, 0.29) is 0 Å². The van der Waals surface area contributed by atoms with Crippen LogP contribution in [0.5, 0.6) is 11.5 Å². The van der Waals surface area contributed by atoms with E-state index in [1.807, 2.05) is 18.2 Å². The van der Waals surface area contributed by atoms with E-state index in [1.54, 1.807) is 14.2 Å². The summed E-state index contributed by atoms with van der Waals surface area (Å²) < 4.78 is 13.1. The van der Waals surface area contributed by atoms with E-state index in [9.17, 15) is 0 Å². The lowest BCUT2D eigenvalue weighted by atomic mass is 9.77. The van der Waals surface area contributed by atoms with Gasteiger partial charge in [0.15, 0.2) is 17.3 Å². The van der Waals surface area contributed by atoms with Crippen LogP contribution < -0.4 is 9.47 Å². The minimum Gasteiger partial charge on any atom is -0.493 e. The number of rotatable bonds is 6. The molecule has 3 unspecified atom stereocenters. The highest BCUT2D eigenvalue weighted by molar-refractivity contribution is 5.61. The minimum absolute atomic E-state index is 0.689. The van der Waals surface area contributed by atoms with Gasteiger partial charge in [-0.25, -0.2) is 9.67 Å². The summed E-state index contributed by atoms with van der Waals surface area (Å²) in [7, 11) is 3.34. The second kappa shape index (κ2) is 9.97. The van der Waals surface area contributed by atoms with Crippen molar-refractivity contribution in [3.05, 3.63) is 24.0 Å². The predicted molar refractivity (Wildman–Crippen MR) is 141 cm³/mol. The Hall–Kier alpha value is -2.12. The molecule has 3 saturated heterocycles. The molecule has 4 aliphatic heterocycles. The molecule has 0 N–H and O–H groups in total. The van der Waals surface area contributed by atoms with E-state index in [0.717, 1.165) is 71.6 Å². The summed E-state index contributed by atoms with van der Waals surface area (Å²) >= 11 is 0. The van der Waals surface area contributed by atoms with E-state index in [1.165, 1.54) is 58.0 Å². The average Bonchev–Trinajstić information content (AvgIpc) is 3.45. The van der Waals surface area contributed by atoms with Crippen LogP contribution in [-0.4, -0.2) is 76.0 Å². The van der Waals surface area contributed by atoms with Crippen LogP contribution in [0.4, 0.5) is 0 Å². The first-order valence-electron chi connectivity index (χ1n) is 14.2. The van der Waals surface area contributed by atoms with Crippen molar-refractivity contribution >= 4 is 0 Å². The van der Waals surface area contributed by atoms with Gasteiger partial charge in [0.25, 0.3) is 0 Å². The Morgan fingerprint density at radius 3 is 2.25 bits per heavy atom. The number of nitrogens with zero attached hydrogens (tertiary/aromatic N) is 5. The fourth-order valence-electron chi connectivity index (χ4n) is 7.75. The van der Waals surface area contributed by atoms with Crippen molar-refractivity contribution in [2.75, 3.05) is 27.3 Å². The van der Waals surface area contributed by atoms with Gasteiger partial charge in [0.05, 0.1) is 14.2 Å². The van der Waals surface area contributed by atoms with Crippen LogP contribution in [-0.2, 0) is 13.0 Å². The topological polar surface area (TPSA) is 55.7 Å². The van der Waals surface area contributed by atoms with Crippen molar-refractivity contribution < 1.29 is 9.47 Å². The first-order chi connectivity index (χ1) is 17.5. The molecule has 6 rings (SSSR count). The standard InChI is InChI=1S/C29H43N5O2/c1-19(2)32-13-11-23(12-14-32)34-24-7-8-25(34)16-22(15-24)21-6-10-28-30-29(31-33(28)18-21)20-5-9-26(35-3)27(17-20)36-4/h5,9,17,19,21-25H,6-8,10-16,18H2,1-4H3. The molecule has 36 heavy (non-hydrogen) atoms. The number of aryl methyl sites for hydroxylation is 1. The fraction of sp³-hybridized carbons (Fsp3) is 0.724. The molecule has 0 spiro atoms.